The van der Waals surface area contributed by atoms with Gasteiger partial charge in [-0.25, -0.2) is 13.1 Å². The largest absolute Gasteiger partial charge is 0.316 e. The molecule has 0 spiro atoms. The van der Waals surface area contributed by atoms with Crippen LogP contribution in [0.5, 0.6) is 0 Å². The number of carbonyl (C=O) groups is 1. The predicted molar refractivity (Wildman–Crippen MR) is 86.5 cm³/mol. The molecule has 0 fully saturated rings. The van der Waals surface area contributed by atoms with Gasteiger partial charge in [0, 0.05) is 31.2 Å². The van der Waals surface area contributed by atoms with Crippen LogP contribution in [0.3, 0.4) is 0 Å². The number of hydrogen-bond donors (Lipinski definition) is 2. The Hall–Kier alpha value is -1.44. The van der Waals surface area contributed by atoms with Crippen LogP contribution in [0.4, 0.5) is 5.69 Å². The van der Waals surface area contributed by atoms with Crippen LogP contribution in [0.1, 0.15) is 26.3 Å². The molecule has 6 nitrogen and oxygen atoms in total. The summed E-state index contributed by atoms with van der Waals surface area (Å²) in [7, 11) is -1.75. The number of fused-ring (bicyclic) bond motifs is 1. The monoisotopic (exact) mass is 325 g/mol. The molecule has 22 heavy (non-hydrogen) atoms. The third-order valence-electron chi connectivity index (χ3n) is 3.99. The fourth-order valence-corrected chi connectivity index (χ4v) is 3.86. The van der Waals surface area contributed by atoms with Crippen LogP contribution < -0.4 is 14.9 Å². The number of likely N-dealkylation sites (N-methyl/N-ethyl adjacent to an activating group) is 1. The Morgan fingerprint density at radius 3 is 2.73 bits per heavy atom. The molecule has 0 aliphatic carbocycles. The maximum atomic E-state index is 12.3. The van der Waals surface area contributed by atoms with Crippen LogP contribution in [0.15, 0.2) is 23.1 Å². The summed E-state index contributed by atoms with van der Waals surface area (Å²) >= 11 is 0. The Morgan fingerprint density at radius 1 is 1.45 bits per heavy atom. The lowest BCUT2D eigenvalue weighted by molar-refractivity contribution is -0.116. The summed E-state index contributed by atoms with van der Waals surface area (Å²) in [5.41, 5.74) is 1.70. The fourth-order valence-electron chi connectivity index (χ4n) is 2.67. The highest BCUT2D eigenvalue weighted by molar-refractivity contribution is 7.89. The normalized spacial score (nSPS) is 19.1. The van der Waals surface area contributed by atoms with Crippen molar-refractivity contribution < 1.29 is 13.2 Å². The topological polar surface area (TPSA) is 78.5 Å². The van der Waals surface area contributed by atoms with Gasteiger partial charge in [-0.3, -0.25) is 4.79 Å². The van der Waals surface area contributed by atoms with E-state index in [-0.39, 0.29) is 22.9 Å². The highest BCUT2D eigenvalue weighted by Crippen LogP contribution is 2.33. The molecule has 1 aromatic carbocycles. The minimum atomic E-state index is -3.54. The number of benzene rings is 1. The molecule has 0 aromatic heterocycles. The molecule has 2 rings (SSSR count). The summed E-state index contributed by atoms with van der Waals surface area (Å²) in [6.07, 6.45) is 0.672. The first-order chi connectivity index (χ1) is 10.3. The Morgan fingerprint density at radius 2 is 2.14 bits per heavy atom. The lowest BCUT2D eigenvalue weighted by atomic mass is 10.1. The van der Waals surface area contributed by atoms with E-state index >= 15 is 0 Å². The summed E-state index contributed by atoms with van der Waals surface area (Å²) in [5.74, 6) is -0.0252. The Kier molecular flexibility index (Phi) is 4.89. The van der Waals surface area contributed by atoms with Gasteiger partial charge in [0.2, 0.25) is 15.9 Å². The second-order valence-electron chi connectivity index (χ2n) is 5.77. The zero-order valence-corrected chi connectivity index (χ0v) is 14.2. The van der Waals surface area contributed by atoms with E-state index < -0.39 is 10.0 Å². The first kappa shape index (κ1) is 16.9. The number of carbonyl (C=O) groups excluding carboxylic acids is 1. The van der Waals surface area contributed by atoms with Crippen LogP contribution >= 0.6 is 0 Å². The fraction of sp³-hybridized carbons (Fsp3) is 0.533. The van der Waals surface area contributed by atoms with Crippen LogP contribution in [0.2, 0.25) is 0 Å². The van der Waals surface area contributed by atoms with Crippen molar-refractivity contribution in [2.75, 3.05) is 18.5 Å². The molecule has 2 N–H and O–H groups in total. The molecule has 1 aliphatic heterocycles. The molecule has 0 radical (unpaired) electrons. The van der Waals surface area contributed by atoms with E-state index in [0.29, 0.717) is 13.0 Å². The highest BCUT2D eigenvalue weighted by atomic mass is 32.2. The number of hydrogen-bond acceptors (Lipinski definition) is 4. The third kappa shape index (κ3) is 3.31. The van der Waals surface area contributed by atoms with E-state index in [1.54, 1.807) is 30.1 Å². The molecule has 2 atom stereocenters. The number of sulfonamides is 1. The van der Waals surface area contributed by atoms with Gasteiger partial charge in [0.05, 0.1) is 4.90 Å². The van der Waals surface area contributed by atoms with Crippen LogP contribution in [-0.4, -0.2) is 40.0 Å². The maximum absolute atomic E-state index is 12.3. The summed E-state index contributed by atoms with van der Waals surface area (Å²) in [6.45, 7) is 5.71. The van der Waals surface area contributed by atoms with E-state index in [9.17, 15) is 13.2 Å². The van der Waals surface area contributed by atoms with Crippen molar-refractivity contribution >= 4 is 21.6 Å². The Balaban J connectivity index is 2.26. The average Bonchev–Trinajstić information content (AvgIpc) is 2.79. The molecule has 1 aliphatic rings. The van der Waals surface area contributed by atoms with Crippen LogP contribution in [-0.2, 0) is 21.2 Å². The standard InChI is InChI=1S/C15H23N3O3S/c1-10(16-4)9-17-22(20,21)14-5-6-15-13(8-14)7-11(2)18(15)12(3)19/h5-6,8,10-11,16-17H,7,9H2,1-4H3. The molecule has 0 bridgehead atoms. The van der Waals surface area contributed by atoms with Crippen molar-refractivity contribution in [3.05, 3.63) is 23.8 Å². The molecule has 0 saturated heterocycles. The second kappa shape index (κ2) is 6.36. The molecule has 2 unspecified atom stereocenters. The second-order valence-corrected chi connectivity index (χ2v) is 7.54. The number of nitrogens with one attached hydrogen (secondary N) is 2. The van der Waals surface area contributed by atoms with Gasteiger partial charge in [0.1, 0.15) is 0 Å². The van der Waals surface area contributed by atoms with Crippen molar-refractivity contribution in [3.8, 4) is 0 Å². The quantitative estimate of drug-likeness (QED) is 0.842. The predicted octanol–water partition coefficient (Wildman–Crippen LogP) is 0.870. The Labute approximate surface area is 131 Å². The van der Waals surface area contributed by atoms with Gasteiger partial charge in [0.15, 0.2) is 0 Å². The smallest absolute Gasteiger partial charge is 0.240 e. The minimum Gasteiger partial charge on any atom is -0.316 e. The van der Waals surface area contributed by atoms with Crippen LogP contribution in [0.25, 0.3) is 0 Å². The minimum absolute atomic E-state index is 0.0252. The van der Waals surface area contributed by atoms with E-state index in [1.807, 2.05) is 13.8 Å². The molecule has 0 saturated carbocycles. The van der Waals surface area contributed by atoms with E-state index in [2.05, 4.69) is 10.0 Å². The van der Waals surface area contributed by atoms with E-state index in [4.69, 9.17) is 0 Å². The van der Waals surface area contributed by atoms with E-state index in [0.717, 1.165) is 11.3 Å². The van der Waals surface area contributed by atoms with Gasteiger partial charge in [-0.2, -0.15) is 0 Å². The van der Waals surface area contributed by atoms with E-state index in [1.165, 1.54) is 6.92 Å². The lowest BCUT2D eigenvalue weighted by Gasteiger charge is -2.20. The van der Waals surface area contributed by atoms with Gasteiger partial charge in [-0.1, -0.05) is 0 Å². The zero-order chi connectivity index (χ0) is 16.5. The van der Waals surface area contributed by atoms with Crippen molar-refractivity contribution in [3.63, 3.8) is 0 Å². The summed E-state index contributed by atoms with van der Waals surface area (Å²) < 4.78 is 27.3. The number of rotatable bonds is 5. The molecular weight excluding hydrogens is 302 g/mol. The molecule has 1 heterocycles. The molecule has 1 amide bonds. The van der Waals surface area contributed by atoms with Gasteiger partial charge in [-0.15, -0.1) is 0 Å². The van der Waals surface area contributed by atoms with Crippen LogP contribution in [0, 0.1) is 0 Å². The number of nitrogens with zero attached hydrogens (tertiary/aromatic N) is 1. The molecular formula is C15H23N3O3S. The summed E-state index contributed by atoms with van der Waals surface area (Å²) in [5, 5.41) is 2.98. The summed E-state index contributed by atoms with van der Waals surface area (Å²) in [6, 6.07) is 5.05. The average molecular weight is 325 g/mol. The zero-order valence-electron chi connectivity index (χ0n) is 13.4. The van der Waals surface area contributed by atoms with Crippen molar-refractivity contribution in [1.29, 1.82) is 0 Å². The number of anilines is 1. The third-order valence-corrected chi connectivity index (χ3v) is 5.41. The lowest BCUT2D eigenvalue weighted by Crippen LogP contribution is -2.37. The molecule has 7 heteroatoms. The number of amides is 1. The molecule has 122 valence electrons. The van der Waals surface area contributed by atoms with Gasteiger partial charge >= 0.3 is 0 Å². The Bertz CT molecular complexity index is 673. The van der Waals surface area contributed by atoms with Gasteiger partial charge in [0.25, 0.3) is 0 Å². The maximum Gasteiger partial charge on any atom is 0.240 e. The first-order valence-corrected chi connectivity index (χ1v) is 8.84. The summed E-state index contributed by atoms with van der Waals surface area (Å²) in [4.78, 5) is 13.7. The molecule has 1 aromatic rings. The van der Waals surface area contributed by atoms with Crippen molar-refractivity contribution in [2.24, 2.45) is 0 Å². The first-order valence-electron chi connectivity index (χ1n) is 7.36. The van der Waals surface area contributed by atoms with Gasteiger partial charge < -0.3 is 10.2 Å². The van der Waals surface area contributed by atoms with Crippen molar-refractivity contribution in [1.82, 2.24) is 10.0 Å². The SMILES string of the molecule is CNC(C)CNS(=O)(=O)c1ccc2c(c1)CC(C)N2C(C)=O. The van der Waals surface area contributed by atoms with Gasteiger partial charge in [-0.05, 0) is 51.1 Å². The highest BCUT2D eigenvalue weighted by Gasteiger charge is 2.30. The van der Waals surface area contributed by atoms with Crippen molar-refractivity contribution in [2.45, 2.75) is 44.2 Å².